The topological polar surface area (TPSA) is 117 Å². The van der Waals surface area contributed by atoms with Crippen LogP contribution in [0.4, 0.5) is 0 Å². The summed E-state index contributed by atoms with van der Waals surface area (Å²) in [5.74, 6) is -1.43. The third-order valence-corrected chi connectivity index (χ3v) is 7.54. The number of hydrogen-bond acceptors (Lipinski definition) is 4. The molecule has 0 saturated carbocycles. The molecular formula is C26H21N3O5. The van der Waals surface area contributed by atoms with E-state index in [0.29, 0.717) is 12.1 Å². The molecule has 8 heteroatoms. The fourth-order valence-electron chi connectivity index (χ4n) is 5.90. The molecule has 2 aromatic heterocycles. The highest BCUT2D eigenvalue weighted by Gasteiger charge is 2.52. The van der Waals surface area contributed by atoms with Crippen LogP contribution in [0.2, 0.25) is 0 Å². The van der Waals surface area contributed by atoms with Gasteiger partial charge in [0.2, 0.25) is 0 Å². The van der Waals surface area contributed by atoms with Gasteiger partial charge < -0.3 is 29.8 Å². The van der Waals surface area contributed by atoms with E-state index < -0.39 is 23.9 Å². The zero-order valence-electron chi connectivity index (χ0n) is 18.3. The van der Waals surface area contributed by atoms with Gasteiger partial charge in [0.05, 0.1) is 28.2 Å². The number of carboxylic acid groups (broad SMARTS) is 1. The first-order valence-corrected chi connectivity index (χ1v) is 11.3. The van der Waals surface area contributed by atoms with Crippen LogP contribution in [0.3, 0.4) is 0 Å². The molecule has 0 bridgehead atoms. The first-order valence-electron chi connectivity index (χ1n) is 11.3. The summed E-state index contributed by atoms with van der Waals surface area (Å²) in [5.41, 5.74) is 3.00. The van der Waals surface area contributed by atoms with E-state index in [1.165, 1.54) is 0 Å². The molecule has 170 valence electrons. The number of benzene rings is 3. The highest BCUT2D eigenvalue weighted by atomic mass is 16.5. The zero-order chi connectivity index (χ0) is 23.4. The average molecular weight is 455 g/mol. The Bertz CT molecular complexity index is 1710. The number of aliphatic carboxylic acids is 1. The smallest absolute Gasteiger partial charge is 0.338 e. The maximum Gasteiger partial charge on any atom is 0.338 e. The van der Waals surface area contributed by atoms with Crippen molar-refractivity contribution in [3.63, 3.8) is 0 Å². The number of aromatic nitrogens is 2. The van der Waals surface area contributed by atoms with Gasteiger partial charge in [-0.25, -0.2) is 4.79 Å². The van der Waals surface area contributed by atoms with E-state index in [2.05, 4.69) is 10.3 Å². The Hall–Kier alpha value is -3.88. The van der Waals surface area contributed by atoms with Crippen molar-refractivity contribution >= 4 is 55.5 Å². The maximum absolute atomic E-state index is 13.1. The fourth-order valence-corrected chi connectivity index (χ4v) is 5.90. The quantitative estimate of drug-likeness (QED) is 0.323. The summed E-state index contributed by atoms with van der Waals surface area (Å²) in [6.45, 7) is 2.02. The molecule has 0 aliphatic carbocycles. The van der Waals surface area contributed by atoms with Crippen LogP contribution in [-0.4, -0.2) is 43.3 Å². The zero-order valence-corrected chi connectivity index (χ0v) is 18.3. The third kappa shape index (κ3) is 2.24. The lowest BCUT2D eigenvalue weighted by Crippen LogP contribution is -2.44. The number of aromatic amines is 1. The highest BCUT2D eigenvalue weighted by molar-refractivity contribution is 6.30. The van der Waals surface area contributed by atoms with Gasteiger partial charge in [0.15, 0.2) is 5.60 Å². The molecule has 34 heavy (non-hydrogen) atoms. The average Bonchev–Trinajstić information content (AvgIpc) is 3.55. The lowest BCUT2D eigenvalue weighted by atomic mass is 9.96. The molecule has 1 amide bonds. The van der Waals surface area contributed by atoms with Crippen LogP contribution in [0.5, 0.6) is 0 Å². The van der Waals surface area contributed by atoms with Gasteiger partial charge in [-0.1, -0.05) is 36.4 Å². The van der Waals surface area contributed by atoms with E-state index in [4.69, 9.17) is 4.74 Å². The molecule has 1 unspecified atom stereocenters. The van der Waals surface area contributed by atoms with Crippen LogP contribution in [-0.2, 0) is 16.1 Å². The second-order valence-electron chi connectivity index (χ2n) is 9.23. The number of rotatable bonds is 2. The van der Waals surface area contributed by atoms with Gasteiger partial charge in [-0.2, -0.15) is 0 Å². The van der Waals surface area contributed by atoms with Crippen LogP contribution in [0.1, 0.15) is 35.5 Å². The van der Waals surface area contributed by atoms with Gasteiger partial charge in [-0.3, -0.25) is 4.79 Å². The van der Waals surface area contributed by atoms with E-state index in [1.54, 1.807) is 6.92 Å². The molecule has 0 spiro atoms. The number of carbonyl (C=O) groups excluding carboxylic acids is 1. The monoisotopic (exact) mass is 455 g/mol. The van der Waals surface area contributed by atoms with Gasteiger partial charge >= 0.3 is 5.97 Å². The van der Waals surface area contributed by atoms with E-state index in [-0.39, 0.29) is 12.3 Å². The minimum Gasteiger partial charge on any atom is -0.479 e. The number of fused-ring (bicyclic) bond motifs is 10. The summed E-state index contributed by atoms with van der Waals surface area (Å²) in [7, 11) is 0. The molecule has 2 aliphatic heterocycles. The van der Waals surface area contributed by atoms with Gasteiger partial charge in [0.25, 0.3) is 5.91 Å². The number of carboxylic acids is 1. The molecule has 8 nitrogen and oxygen atoms in total. The molecule has 1 fully saturated rings. The minimum atomic E-state index is -2.00. The molecule has 0 radical (unpaired) electrons. The number of H-pyrrole nitrogens is 1. The van der Waals surface area contributed by atoms with Gasteiger partial charge in [0, 0.05) is 40.0 Å². The van der Waals surface area contributed by atoms with Gasteiger partial charge in [0.1, 0.15) is 6.23 Å². The van der Waals surface area contributed by atoms with Crippen molar-refractivity contribution in [2.75, 3.05) is 0 Å². The molecule has 3 atom stereocenters. The second-order valence-corrected chi connectivity index (χ2v) is 9.23. The maximum atomic E-state index is 13.1. The predicted molar refractivity (Wildman–Crippen MR) is 127 cm³/mol. The van der Waals surface area contributed by atoms with Crippen molar-refractivity contribution in [3.8, 4) is 0 Å². The number of ether oxygens (including phenoxy) is 1. The van der Waals surface area contributed by atoms with E-state index in [9.17, 15) is 19.8 Å². The molecule has 5 aromatic rings. The van der Waals surface area contributed by atoms with Crippen molar-refractivity contribution in [2.24, 2.45) is 0 Å². The molecule has 4 N–H and O–H groups in total. The molecule has 7 rings (SSSR count). The summed E-state index contributed by atoms with van der Waals surface area (Å²) in [6, 6.07) is 15.7. The number of aliphatic hydroxyl groups is 1. The summed E-state index contributed by atoms with van der Waals surface area (Å²) >= 11 is 0. The van der Waals surface area contributed by atoms with E-state index >= 15 is 0 Å². The van der Waals surface area contributed by atoms with Crippen molar-refractivity contribution < 1.29 is 24.5 Å². The van der Waals surface area contributed by atoms with Gasteiger partial charge in [-0.15, -0.1) is 0 Å². The number of carbonyl (C=O) groups is 2. The number of para-hydroxylation sites is 2. The van der Waals surface area contributed by atoms with Gasteiger partial charge in [-0.05, 0) is 24.6 Å². The Kier molecular flexibility index (Phi) is 3.67. The highest BCUT2D eigenvalue weighted by Crippen LogP contribution is 2.47. The van der Waals surface area contributed by atoms with Crippen molar-refractivity contribution in [3.05, 3.63) is 59.7 Å². The van der Waals surface area contributed by atoms with Crippen LogP contribution in [0, 0.1) is 0 Å². The summed E-state index contributed by atoms with van der Waals surface area (Å²) in [4.78, 5) is 28.6. The fraction of sp³-hybridized carbons (Fsp3) is 0.231. The lowest BCUT2D eigenvalue weighted by Gasteiger charge is -2.19. The molecule has 2 aliphatic rings. The van der Waals surface area contributed by atoms with Crippen molar-refractivity contribution in [2.45, 2.75) is 37.8 Å². The first-order chi connectivity index (χ1) is 16.4. The van der Waals surface area contributed by atoms with E-state index in [1.807, 2.05) is 53.1 Å². The van der Waals surface area contributed by atoms with Crippen LogP contribution < -0.4 is 5.32 Å². The standard InChI is InChI=1S/C26H21N3O5/c1-12-26(33,25(31)32)10-18(34-12)29-17-9-5-3-7-14(17)20-21-15(11-27-24(21)30)19-13-6-2-4-8-16(13)28-22(19)23(20)29/h2-9,12,18,28,33H,10-11H2,1H3,(H,27,30)(H,31,32)/t12-,18?,26-/m0/s1. The Morgan fingerprint density at radius 3 is 2.62 bits per heavy atom. The van der Waals surface area contributed by atoms with Crippen molar-refractivity contribution in [1.29, 1.82) is 0 Å². The largest absolute Gasteiger partial charge is 0.479 e. The minimum absolute atomic E-state index is 0.109. The Labute approximate surface area is 192 Å². The molecule has 1 saturated heterocycles. The number of nitrogens with one attached hydrogen (secondary N) is 2. The first kappa shape index (κ1) is 19.6. The third-order valence-electron chi connectivity index (χ3n) is 7.54. The summed E-state index contributed by atoms with van der Waals surface area (Å²) < 4.78 is 8.04. The SMILES string of the molecule is C[C@@H]1OC(n2c3ccccc3c3c4c(c5c6ccccc6[nH]c5c32)CNC4=O)C[C@@]1(O)C(=O)O. The predicted octanol–water partition coefficient (Wildman–Crippen LogP) is 3.80. The van der Waals surface area contributed by atoms with Crippen LogP contribution >= 0.6 is 0 Å². The number of nitrogens with zero attached hydrogens (tertiary/aromatic N) is 1. The summed E-state index contributed by atoms with van der Waals surface area (Å²) in [5, 5.41) is 27.3. The Morgan fingerprint density at radius 2 is 1.85 bits per heavy atom. The normalized spacial score (nSPS) is 24.5. The molecular weight excluding hydrogens is 434 g/mol. The van der Waals surface area contributed by atoms with Crippen molar-refractivity contribution in [1.82, 2.24) is 14.9 Å². The molecule has 4 heterocycles. The number of hydrogen-bond donors (Lipinski definition) is 4. The summed E-state index contributed by atoms with van der Waals surface area (Å²) in [6.07, 6.45) is -1.74. The lowest BCUT2D eigenvalue weighted by molar-refractivity contribution is -0.163. The Morgan fingerprint density at radius 1 is 1.12 bits per heavy atom. The number of amides is 1. The second kappa shape index (κ2) is 6.37. The van der Waals surface area contributed by atoms with Crippen LogP contribution in [0.25, 0.3) is 43.6 Å². The van der Waals surface area contributed by atoms with E-state index in [0.717, 1.165) is 49.2 Å². The van der Waals surface area contributed by atoms with Crippen LogP contribution in [0.15, 0.2) is 48.5 Å². The molecule has 3 aromatic carbocycles. The Balaban J connectivity index is 1.68.